The molecule has 0 radical (unpaired) electrons. The molecule has 0 saturated carbocycles. The van der Waals surface area contributed by atoms with Crippen LogP contribution in [0.25, 0.3) is 0 Å². The highest BCUT2D eigenvalue weighted by molar-refractivity contribution is 5.82. The summed E-state index contributed by atoms with van der Waals surface area (Å²) in [6.45, 7) is 7.22. The van der Waals surface area contributed by atoms with Crippen molar-refractivity contribution in [2.45, 2.75) is 20.8 Å². The SMILES string of the molecule is CCNCC(=O)C(C)C.[HH]. The molecule has 0 aliphatic heterocycles. The highest BCUT2D eigenvalue weighted by Gasteiger charge is 2.03. The molecule has 56 valence electrons. The maximum absolute atomic E-state index is 10.8. The number of Topliss-reactive ketones (excluding diaryl/α,β-unsaturated/α-hetero) is 1. The number of hydrogen-bond acceptors (Lipinski definition) is 2. The highest BCUT2D eigenvalue weighted by Crippen LogP contribution is 1.91. The van der Waals surface area contributed by atoms with Gasteiger partial charge in [0.1, 0.15) is 5.78 Å². The zero-order chi connectivity index (χ0) is 7.28. The summed E-state index contributed by atoms with van der Waals surface area (Å²) in [6.07, 6.45) is 0. The van der Waals surface area contributed by atoms with Gasteiger partial charge in [0.05, 0.1) is 6.54 Å². The van der Waals surface area contributed by atoms with Gasteiger partial charge in [-0.05, 0) is 6.54 Å². The van der Waals surface area contributed by atoms with Crippen LogP contribution in [-0.4, -0.2) is 18.9 Å². The fourth-order valence-electron chi connectivity index (χ4n) is 0.452. The van der Waals surface area contributed by atoms with Crippen LogP contribution in [0.15, 0.2) is 0 Å². The van der Waals surface area contributed by atoms with Crippen LogP contribution in [0.3, 0.4) is 0 Å². The largest absolute Gasteiger partial charge is 0.310 e. The van der Waals surface area contributed by atoms with Crippen LogP contribution in [-0.2, 0) is 4.79 Å². The summed E-state index contributed by atoms with van der Waals surface area (Å²) in [4.78, 5) is 10.8. The third kappa shape index (κ3) is 4.15. The molecule has 2 nitrogen and oxygen atoms in total. The number of nitrogens with one attached hydrogen (secondary N) is 1. The van der Waals surface area contributed by atoms with Gasteiger partial charge >= 0.3 is 0 Å². The maximum Gasteiger partial charge on any atom is 0.149 e. The fraction of sp³-hybridized carbons (Fsp3) is 0.857. The molecular formula is C7H17NO. The molecule has 0 spiro atoms. The van der Waals surface area contributed by atoms with E-state index in [9.17, 15) is 4.79 Å². The van der Waals surface area contributed by atoms with E-state index in [1.807, 2.05) is 20.8 Å². The first-order chi connectivity index (χ1) is 4.18. The van der Waals surface area contributed by atoms with Crippen LogP contribution in [0.4, 0.5) is 0 Å². The van der Waals surface area contributed by atoms with E-state index in [0.29, 0.717) is 6.54 Å². The molecule has 0 aliphatic rings. The summed E-state index contributed by atoms with van der Waals surface area (Å²) in [7, 11) is 0. The van der Waals surface area contributed by atoms with Crippen LogP contribution in [0, 0.1) is 5.92 Å². The van der Waals surface area contributed by atoms with Gasteiger partial charge in [-0.3, -0.25) is 4.79 Å². The molecule has 0 heterocycles. The van der Waals surface area contributed by atoms with Crippen molar-refractivity contribution in [3.8, 4) is 0 Å². The Labute approximate surface area is 58.1 Å². The summed E-state index contributed by atoms with van der Waals surface area (Å²) >= 11 is 0. The second-order valence-corrected chi connectivity index (χ2v) is 2.40. The van der Waals surface area contributed by atoms with Crippen molar-refractivity contribution in [2.75, 3.05) is 13.1 Å². The quantitative estimate of drug-likeness (QED) is 0.618. The first-order valence-corrected chi connectivity index (χ1v) is 3.42. The lowest BCUT2D eigenvalue weighted by molar-refractivity contribution is -0.121. The molecule has 9 heavy (non-hydrogen) atoms. The van der Waals surface area contributed by atoms with Crippen LogP contribution in [0.1, 0.15) is 22.2 Å². The van der Waals surface area contributed by atoms with Crippen molar-refractivity contribution >= 4 is 5.78 Å². The third-order valence-electron chi connectivity index (χ3n) is 1.19. The van der Waals surface area contributed by atoms with E-state index in [1.54, 1.807) is 0 Å². The molecule has 0 amide bonds. The summed E-state index contributed by atoms with van der Waals surface area (Å²) < 4.78 is 0. The Balaban J connectivity index is 0. The Morgan fingerprint density at radius 3 is 2.56 bits per heavy atom. The molecule has 0 aliphatic carbocycles. The van der Waals surface area contributed by atoms with E-state index in [2.05, 4.69) is 5.32 Å². The number of rotatable bonds is 4. The minimum Gasteiger partial charge on any atom is -0.310 e. The molecule has 0 saturated heterocycles. The third-order valence-corrected chi connectivity index (χ3v) is 1.19. The number of ketones is 1. The molecule has 0 aromatic heterocycles. The molecule has 0 atom stereocenters. The zero-order valence-electron chi connectivity index (χ0n) is 6.40. The monoisotopic (exact) mass is 131 g/mol. The van der Waals surface area contributed by atoms with Gasteiger partial charge < -0.3 is 5.32 Å². The van der Waals surface area contributed by atoms with Gasteiger partial charge in [0.2, 0.25) is 0 Å². The topological polar surface area (TPSA) is 29.1 Å². The molecule has 0 rings (SSSR count). The van der Waals surface area contributed by atoms with Gasteiger partial charge in [0.15, 0.2) is 0 Å². The van der Waals surface area contributed by atoms with Gasteiger partial charge in [-0.2, -0.15) is 0 Å². The van der Waals surface area contributed by atoms with E-state index in [4.69, 9.17) is 0 Å². The standard InChI is InChI=1S/C7H15NO.H2/c1-4-8-5-7(9)6(2)3;/h6,8H,4-5H2,1-3H3;1H. The molecule has 0 aromatic carbocycles. The molecular weight excluding hydrogens is 114 g/mol. The van der Waals surface area contributed by atoms with Crippen LogP contribution < -0.4 is 5.32 Å². The Kier molecular flexibility index (Phi) is 4.32. The van der Waals surface area contributed by atoms with Crippen molar-refractivity contribution in [2.24, 2.45) is 5.92 Å². The Morgan fingerprint density at radius 1 is 1.67 bits per heavy atom. The smallest absolute Gasteiger partial charge is 0.149 e. The van der Waals surface area contributed by atoms with E-state index in [1.165, 1.54) is 0 Å². The predicted octanol–water partition coefficient (Wildman–Crippen LogP) is 1.07. The van der Waals surface area contributed by atoms with Crippen molar-refractivity contribution in [1.82, 2.24) is 5.32 Å². The van der Waals surface area contributed by atoms with Gasteiger partial charge in [0, 0.05) is 7.34 Å². The molecule has 0 bridgehead atoms. The Bertz CT molecular complexity index is 93.6. The average molecular weight is 131 g/mol. The van der Waals surface area contributed by atoms with Crippen LogP contribution in [0.5, 0.6) is 0 Å². The maximum atomic E-state index is 10.8. The minimum atomic E-state index is 0. The lowest BCUT2D eigenvalue weighted by atomic mass is 10.1. The van der Waals surface area contributed by atoms with Gasteiger partial charge in [-0.25, -0.2) is 0 Å². The normalized spacial score (nSPS) is 10.2. The van der Waals surface area contributed by atoms with E-state index in [-0.39, 0.29) is 13.1 Å². The fourth-order valence-corrected chi connectivity index (χ4v) is 0.452. The van der Waals surface area contributed by atoms with Crippen molar-refractivity contribution in [3.63, 3.8) is 0 Å². The number of carbonyl (C=O) groups is 1. The minimum absolute atomic E-state index is 0. The Morgan fingerprint density at radius 2 is 2.22 bits per heavy atom. The van der Waals surface area contributed by atoms with Crippen LogP contribution >= 0.6 is 0 Å². The molecule has 0 aromatic rings. The molecule has 0 fully saturated rings. The van der Waals surface area contributed by atoms with Crippen LogP contribution in [0.2, 0.25) is 0 Å². The van der Waals surface area contributed by atoms with Gasteiger partial charge in [-0.15, -0.1) is 0 Å². The van der Waals surface area contributed by atoms with E-state index in [0.717, 1.165) is 6.54 Å². The zero-order valence-corrected chi connectivity index (χ0v) is 6.40. The number of carbonyl (C=O) groups excluding carboxylic acids is 1. The second kappa shape index (κ2) is 4.50. The lowest BCUT2D eigenvalue weighted by Gasteiger charge is -2.02. The van der Waals surface area contributed by atoms with E-state index >= 15 is 0 Å². The van der Waals surface area contributed by atoms with Gasteiger partial charge in [0.25, 0.3) is 0 Å². The Hall–Kier alpha value is -0.370. The second-order valence-electron chi connectivity index (χ2n) is 2.40. The van der Waals surface area contributed by atoms with Gasteiger partial charge in [-0.1, -0.05) is 20.8 Å². The van der Waals surface area contributed by atoms with E-state index < -0.39 is 0 Å². The first kappa shape index (κ1) is 8.63. The average Bonchev–Trinajstić information content (AvgIpc) is 1.82. The highest BCUT2D eigenvalue weighted by atomic mass is 16.1. The summed E-state index contributed by atoms with van der Waals surface area (Å²) in [6, 6.07) is 0. The summed E-state index contributed by atoms with van der Waals surface area (Å²) in [5, 5.41) is 2.98. The number of likely N-dealkylation sites (N-methyl/N-ethyl adjacent to an activating group) is 1. The molecule has 1 N–H and O–H groups in total. The molecule has 0 unspecified atom stereocenters. The van der Waals surface area contributed by atoms with Crippen molar-refractivity contribution in [3.05, 3.63) is 0 Å². The summed E-state index contributed by atoms with van der Waals surface area (Å²) in [5.74, 6) is 0.459. The first-order valence-electron chi connectivity index (χ1n) is 3.42. The molecule has 2 heteroatoms. The van der Waals surface area contributed by atoms with Crippen molar-refractivity contribution in [1.29, 1.82) is 0 Å². The predicted molar refractivity (Wildman–Crippen MR) is 40.5 cm³/mol. The lowest BCUT2D eigenvalue weighted by Crippen LogP contribution is -2.25. The number of hydrogen-bond donors (Lipinski definition) is 1. The van der Waals surface area contributed by atoms with Crippen molar-refractivity contribution < 1.29 is 6.22 Å². The summed E-state index contributed by atoms with van der Waals surface area (Å²) in [5.41, 5.74) is 0.